The molecule has 3 N–H and O–H groups in total. The van der Waals surface area contributed by atoms with Crippen LogP contribution in [0.15, 0.2) is 72.8 Å². The largest absolute Gasteiger partial charge is 0.573 e. The first kappa shape index (κ1) is 31.8. The second kappa shape index (κ2) is 14.4. The molecule has 0 spiro atoms. The van der Waals surface area contributed by atoms with E-state index >= 15 is 0 Å². The number of amides is 2. The van der Waals surface area contributed by atoms with Gasteiger partial charge in [-0.05, 0) is 62.1 Å². The van der Waals surface area contributed by atoms with Crippen molar-refractivity contribution in [1.29, 1.82) is 0 Å². The van der Waals surface area contributed by atoms with Gasteiger partial charge in [0.05, 0.1) is 18.2 Å². The fourth-order valence-electron chi connectivity index (χ4n) is 4.89. The number of carbonyl (C=O) groups is 2. The molecule has 230 valence electrons. The van der Waals surface area contributed by atoms with Crippen molar-refractivity contribution in [3.63, 3.8) is 0 Å². The van der Waals surface area contributed by atoms with E-state index in [1.165, 1.54) is 18.2 Å². The van der Waals surface area contributed by atoms with Crippen LogP contribution in [0.5, 0.6) is 11.5 Å². The summed E-state index contributed by atoms with van der Waals surface area (Å²) in [4.78, 5) is 27.6. The first-order valence-electron chi connectivity index (χ1n) is 14.2. The van der Waals surface area contributed by atoms with Crippen molar-refractivity contribution in [2.75, 3.05) is 18.0 Å². The Bertz CT molecular complexity index is 1380. The predicted octanol–water partition coefficient (Wildman–Crippen LogP) is 4.99. The molecular weight excluding hydrogens is 563 g/mol. The molecule has 0 radical (unpaired) electrons. The first-order valence-corrected chi connectivity index (χ1v) is 14.2. The number of halogens is 3. The lowest BCUT2D eigenvalue weighted by molar-refractivity contribution is -0.274. The second-order valence-corrected chi connectivity index (χ2v) is 10.7. The zero-order chi connectivity index (χ0) is 31.0. The lowest BCUT2D eigenvalue weighted by Crippen LogP contribution is -2.48. The minimum Gasteiger partial charge on any atom is -0.491 e. The maximum absolute atomic E-state index is 13.6. The van der Waals surface area contributed by atoms with Gasteiger partial charge in [0, 0.05) is 43.4 Å². The molecule has 2 amide bonds. The van der Waals surface area contributed by atoms with Crippen molar-refractivity contribution in [2.24, 2.45) is 0 Å². The molecule has 0 unspecified atom stereocenters. The standard InChI is InChI=1S/C32H36F3N3O5/c1-21(2)42-27-17-24(16-25(18-27)38-13-7-12-30(38)40)31(41)37-28(15-22-8-4-3-5-9-22)29(39)20-36-19-23-10-6-11-26(14-23)43-32(33,34)35/h3-6,8-11,14,16-18,21,28-29,36,39H,7,12-13,15,19-20H2,1-2H3,(H,37,41)/t28-,29-/m0/s1. The van der Waals surface area contributed by atoms with Gasteiger partial charge in [-0.1, -0.05) is 42.5 Å². The lowest BCUT2D eigenvalue weighted by atomic mass is 10.00. The third-order valence-corrected chi connectivity index (χ3v) is 6.80. The molecule has 0 aliphatic carbocycles. The Morgan fingerprint density at radius 1 is 1.00 bits per heavy atom. The Hall–Kier alpha value is -4.09. The summed E-state index contributed by atoms with van der Waals surface area (Å²) < 4.78 is 47.6. The highest BCUT2D eigenvalue weighted by Gasteiger charge is 2.31. The molecular formula is C32H36F3N3O5. The summed E-state index contributed by atoms with van der Waals surface area (Å²) >= 11 is 0. The minimum absolute atomic E-state index is 0.0213. The van der Waals surface area contributed by atoms with E-state index in [4.69, 9.17) is 4.74 Å². The third kappa shape index (κ3) is 9.72. The van der Waals surface area contributed by atoms with Gasteiger partial charge in [-0.2, -0.15) is 0 Å². The van der Waals surface area contributed by atoms with Crippen molar-refractivity contribution in [2.45, 2.75) is 64.3 Å². The van der Waals surface area contributed by atoms with E-state index in [0.29, 0.717) is 36.4 Å². The van der Waals surface area contributed by atoms with Crippen LogP contribution >= 0.6 is 0 Å². The molecule has 43 heavy (non-hydrogen) atoms. The maximum atomic E-state index is 13.6. The normalized spacial score (nSPS) is 15.0. The highest BCUT2D eigenvalue weighted by Crippen LogP contribution is 2.29. The van der Waals surface area contributed by atoms with Gasteiger partial charge in [-0.25, -0.2) is 0 Å². The van der Waals surface area contributed by atoms with Crippen LogP contribution in [-0.2, 0) is 17.8 Å². The average molecular weight is 600 g/mol. The second-order valence-electron chi connectivity index (χ2n) is 10.7. The van der Waals surface area contributed by atoms with Crippen molar-refractivity contribution >= 4 is 17.5 Å². The molecule has 1 heterocycles. The van der Waals surface area contributed by atoms with Gasteiger partial charge < -0.3 is 30.1 Å². The minimum atomic E-state index is -4.80. The van der Waals surface area contributed by atoms with Crippen molar-refractivity contribution in [3.05, 3.63) is 89.5 Å². The molecule has 1 aliphatic rings. The molecule has 0 bridgehead atoms. The number of anilines is 1. The first-order chi connectivity index (χ1) is 20.5. The van der Waals surface area contributed by atoms with E-state index in [-0.39, 0.29) is 36.4 Å². The number of aliphatic hydroxyl groups is 1. The summed E-state index contributed by atoms with van der Waals surface area (Å²) in [5.41, 5.74) is 2.28. The van der Waals surface area contributed by atoms with Crippen LogP contribution in [0, 0.1) is 0 Å². The Labute approximate surface area is 248 Å². The maximum Gasteiger partial charge on any atom is 0.573 e. The van der Waals surface area contributed by atoms with E-state index in [9.17, 15) is 27.9 Å². The number of carbonyl (C=O) groups excluding carboxylic acids is 2. The van der Waals surface area contributed by atoms with Crippen LogP contribution in [-0.4, -0.2) is 54.6 Å². The molecule has 8 nitrogen and oxygen atoms in total. The van der Waals surface area contributed by atoms with Gasteiger partial charge in [-0.3, -0.25) is 9.59 Å². The quantitative estimate of drug-likeness (QED) is 0.256. The number of ether oxygens (including phenoxy) is 2. The predicted molar refractivity (Wildman–Crippen MR) is 156 cm³/mol. The number of rotatable bonds is 13. The topological polar surface area (TPSA) is 100 Å². The molecule has 3 aromatic rings. The average Bonchev–Trinajstić information content (AvgIpc) is 3.37. The van der Waals surface area contributed by atoms with Crippen LogP contribution in [0.25, 0.3) is 0 Å². The lowest BCUT2D eigenvalue weighted by Gasteiger charge is -2.26. The molecule has 0 aromatic heterocycles. The molecule has 4 rings (SSSR count). The van der Waals surface area contributed by atoms with Gasteiger partial charge in [0.25, 0.3) is 5.91 Å². The highest BCUT2D eigenvalue weighted by molar-refractivity contribution is 5.99. The molecule has 3 aromatic carbocycles. The third-order valence-electron chi connectivity index (χ3n) is 6.80. The number of alkyl halides is 3. The van der Waals surface area contributed by atoms with Crippen molar-refractivity contribution < 1.29 is 37.3 Å². The highest BCUT2D eigenvalue weighted by atomic mass is 19.4. The summed E-state index contributed by atoms with van der Waals surface area (Å²) in [6.45, 7) is 4.50. The summed E-state index contributed by atoms with van der Waals surface area (Å²) in [7, 11) is 0. The van der Waals surface area contributed by atoms with E-state index in [1.807, 2.05) is 44.2 Å². The fourth-order valence-corrected chi connectivity index (χ4v) is 4.89. The number of nitrogens with zero attached hydrogens (tertiary/aromatic N) is 1. The monoisotopic (exact) mass is 599 g/mol. The molecule has 1 aliphatic heterocycles. The zero-order valence-electron chi connectivity index (χ0n) is 24.1. The number of benzene rings is 3. The molecule has 1 fully saturated rings. The zero-order valence-corrected chi connectivity index (χ0v) is 24.1. The number of aliphatic hydroxyl groups excluding tert-OH is 1. The van der Waals surface area contributed by atoms with Gasteiger partial charge >= 0.3 is 6.36 Å². The van der Waals surface area contributed by atoms with Crippen molar-refractivity contribution in [3.8, 4) is 11.5 Å². The Morgan fingerprint density at radius 2 is 1.74 bits per heavy atom. The molecule has 1 saturated heterocycles. The van der Waals surface area contributed by atoms with Gasteiger partial charge in [0.2, 0.25) is 5.91 Å². The van der Waals surface area contributed by atoms with Gasteiger partial charge in [0.15, 0.2) is 0 Å². The summed E-state index contributed by atoms with van der Waals surface area (Å²) in [6.07, 6.45) is -4.50. The Balaban J connectivity index is 1.49. The fraction of sp³-hybridized carbons (Fsp3) is 0.375. The van der Waals surface area contributed by atoms with E-state index in [0.717, 1.165) is 12.0 Å². The van der Waals surface area contributed by atoms with E-state index in [2.05, 4.69) is 15.4 Å². The molecule has 11 heteroatoms. The van der Waals surface area contributed by atoms with Crippen LogP contribution in [0.1, 0.15) is 48.2 Å². The van der Waals surface area contributed by atoms with Crippen molar-refractivity contribution in [1.82, 2.24) is 10.6 Å². The number of hydrogen-bond acceptors (Lipinski definition) is 6. The van der Waals surface area contributed by atoms with E-state index in [1.54, 1.807) is 29.2 Å². The summed E-state index contributed by atoms with van der Waals surface area (Å²) in [5, 5.41) is 17.2. The van der Waals surface area contributed by atoms with Crippen LogP contribution in [0.2, 0.25) is 0 Å². The smallest absolute Gasteiger partial charge is 0.491 e. The van der Waals surface area contributed by atoms with Crippen LogP contribution in [0.4, 0.5) is 18.9 Å². The number of nitrogens with one attached hydrogen (secondary N) is 2. The number of hydrogen-bond donors (Lipinski definition) is 3. The van der Waals surface area contributed by atoms with Crippen LogP contribution in [0.3, 0.4) is 0 Å². The summed E-state index contributed by atoms with van der Waals surface area (Å²) in [6, 6.07) is 19.2. The Morgan fingerprint density at radius 3 is 2.42 bits per heavy atom. The molecule has 0 saturated carbocycles. The summed E-state index contributed by atoms with van der Waals surface area (Å²) in [5.74, 6) is -0.345. The Kier molecular flexibility index (Phi) is 10.7. The van der Waals surface area contributed by atoms with E-state index < -0.39 is 24.4 Å². The van der Waals surface area contributed by atoms with Gasteiger partial charge in [-0.15, -0.1) is 13.2 Å². The molecule has 2 atom stereocenters. The SMILES string of the molecule is CC(C)Oc1cc(C(=O)N[C@@H](Cc2ccccc2)[C@@H](O)CNCc2cccc(OC(F)(F)F)c2)cc(N2CCCC2=O)c1. The van der Waals surface area contributed by atoms with Crippen LogP contribution < -0.4 is 25.0 Å². The van der Waals surface area contributed by atoms with Gasteiger partial charge in [0.1, 0.15) is 11.5 Å².